The maximum atomic E-state index is 13.0. The van der Waals surface area contributed by atoms with E-state index in [4.69, 9.17) is 9.47 Å². The first-order valence-electron chi connectivity index (χ1n) is 9.79. The third kappa shape index (κ3) is 4.19. The second-order valence-electron chi connectivity index (χ2n) is 7.05. The Bertz CT molecular complexity index is 1130. The number of aromatic nitrogens is 3. The van der Waals surface area contributed by atoms with Crippen molar-refractivity contribution in [3.05, 3.63) is 54.1 Å². The van der Waals surface area contributed by atoms with E-state index in [0.29, 0.717) is 41.3 Å². The molecule has 3 aromatic rings. The first-order chi connectivity index (χ1) is 15.2. The second kappa shape index (κ2) is 8.31. The van der Waals surface area contributed by atoms with Crippen molar-refractivity contribution >= 4 is 35.2 Å². The Labute approximate surface area is 182 Å². The molecule has 0 unspecified atom stereocenters. The lowest BCUT2D eigenvalue weighted by Crippen LogP contribution is -2.36. The number of carbonyl (C=O) groups is 2. The van der Waals surface area contributed by atoms with Crippen molar-refractivity contribution in [2.24, 2.45) is 0 Å². The molecule has 0 spiro atoms. The van der Waals surface area contributed by atoms with Crippen LogP contribution >= 0.6 is 11.8 Å². The van der Waals surface area contributed by atoms with Crippen molar-refractivity contribution < 1.29 is 19.1 Å². The number of hydrogen-bond acceptors (Lipinski definition) is 7. The van der Waals surface area contributed by atoms with Gasteiger partial charge < -0.3 is 14.8 Å². The molecule has 2 amide bonds. The normalized spacial score (nSPS) is 16.9. The molecule has 31 heavy (non-hydrogen) atoms. The Kier molecular flexibility index (Phi) is 5.21. The van der Waals surface area contributed by atoms with Crippen molar-refractivity contribution in [1.82, 2.24) is 14.8 Å². The number of thioether (sulfide) groups is 1. The number of ether oxygens (including phenoxy) is 2. The summed E-state index contributed by atoms with van der Waals surface area (Å²) in [4.78, 5) is 29.5. The van der Waals surface area contributed by atoms with Gasteiger partial charge in [0.2, 0.25) is 22.9 Å². The summed E-state index contributed by atoms with van der Waals surface area (Å²) in [6.07, 6.45) is -0.0183. The molecule has 0 saturated carbocycles. The number of amides is 2. The van der Waals surface area contributed by atoms with Crippen molar-refractivity contribution in [2.45, 2.75) is 23.4 Å². The average Bonchev–Trinajstić information content (AvgIpc) is 3.20. The summed E-state index contributed by atoms with van der Waals surface area (Å²) < 4.78 is 12.5. The molecule has 2 aliphatic heterocycles. The van der Waals surface area contributed by atoms with E-state index in [1.807, 2.05) is 30.3 Å². The maximum absolute atomic E-state index is 13.0. The quantitative estimate of drug-likeness (QED) is 0.591. The van der Waals surface area contributed by atoms with Gasteiger partial charge in [0.1, 0.15) is 19.3 Å². The van der Waals surface area contributed by atoms with Crippen molar-refractivity contribution in [1.29, 1.82) is 0 Å². The minimum absolute atomic E-state index is 0.0183. The van der Waals surface area contributed by atoms with E-state index in [-0.39, 0.29) is 24.2 Å². The molecule has 0 radical (unpaired) electrons. The second-order valence-corrected chi connectivity index (χ2v) is 8.00. The molecule has 3 heterocycles. The third-order valence-corrected chi connectivity index (χ3v) is 5.77. The van der Waals surface area contributed by atoms with Gasteiger partial charge in [0.25, 0.3) is 0 Å². The SMILES string of the molecule is O=C1C[C@@H](C(=O)Nc2ccc3c(c2)OCCO3)n2nc(SCc3ccccc3)nc2N1. The monoisotopic (exact) mass is 437 g/mol. The molecule has 2 aliphatic rings. The Morgan fingerprint density at radius 2 is 1.97 bits per heavy atom. The molecule has 0 saturated heterocycles. The molecule has 10 heteroatoms. The zero-order valence-corrected chi connectivity index (χ0v) is 17.2. The Morgan fingerprint density at radius 3 is 2.81 bits per heavy atom. The van der Waals surface area contributed by atoms with Crippen molar-refractivity contribution in [2.75, 3.05) is 23.8 Å². The lowest BCUT2D eigenvalue weighted by Gasteiger charge is -2.23. The van der Waals surface area contributed by atoms with Crippen LogP contribution in [0.4, 0.5) is 11.6 Å². The minimum Gasteiger partial charge on any atom is -0.486 e. The van der Waals surface area contributed by atoms with Gasteiger partial charge in [-0.15, -0.1) is 5.10 Å². The van der Waals surface area contributed by atoms with E-state index >= 15 is 0 Å². The molecule has 1 atom stereocenters. The number of anilines is 2. The minimum atomic E-state index is -0.796. The number of nitrogens with one attached hydrogen (secondary N) is 2. The molecule has 0 fully saturated rings. The first kappa shape index (κ1) is 19.4. The molecule has 0 bridgehead atoms. The number of benzene rings is 2. The van der Waals surface area contributed by atoms with Gasteiger partial charge in [-0.25, -0.2) is 4.68 Å². The fourth-order valence-corrected chi connectivity index (χ4v) is 4.16. The van der Waals surface area contributed by atoms with Crippen LogP contribution in [0.15, 0.2) is 53.7 Å². The smallest absolute Gasteiger partial charge is 0.249 e. The van der Waals surface area contributed by atoms with Gasteiger partial charge in [0, 0.05) is 17.5 Å². The molecular formula is C21H19N5O4S. The zero-order chi connectivity index (χ0) is 21.2. The highest BCUT2D eigenvalue weighted by atomic mass is 32.2. The highest BCUT2D eigenvalue weighted by molar-refractivity contribution is 7.98. The van der Waals surface area contributed by atoms with Gasteiger partial charge in [0.15, 0.2) is 11.5 Å². The van der Waals surface area contributed by atoms with Crippen LogP contribution in [-0.4, -0.2) is 39.8 Å². The van der Waals surface area contributed by atoms with Gasteiger partial charge in [-0.05, 0) is 17.7 Å². The number of fused-ring (bicyclic) bond motifs is 2. The molecule has 158 valence electrons. The zero-order valence-electron chi connectivity index (χ0n) is 16.4. The fraction of sp³-hybridized carbons (Fsp3) is 0.238. The van der Waals surface area contributed by atoms with Crippen LogP contribution in [0.1, 0.15) is 18.0 Å². The third-order valence-electron chi connectivity index (χ3n) is 4.86. The summed E-state index contributed by atoms with van der Waals surface area (Å²) in [7, 11) is 0. The van der Waals surface area contributed by atoms with E-state index in [1.165, 1.54) is 16.4 Å². The predicted molar refractivity (Wildman–Crippen MR) is 114 cm³/mol. The summed E-state index contributed by atoms with van der Waals surface area (Å²) in [6, 6.07) is 14.3. The van der Waals surface area contributed by atoms with Gasteiger partial charge in [0.05, 0.1) is 6.42 Å². The van der Waals surface area contributed by atoms with E-state index in [1.54, 1.807) is 18.2 Å². The number of hydrogen-bond donors (Lipinski definition) is 2. The highest BCUT2D eigenvalue weighted by Crippen LogP contribution is 2.33. The molecule has 2 aromatic carbocycles. The largest absolute Gasteiger partial charge is 0.486 e. The van der Waals surface area contributed by atoms with Crippen LogP contribution in [0.5, 0.6) is 11.5 Å². The lowest BCUT2D eigenvalue weighted by atomic mass is 10.1. The van der Waals surface area contributed by atoms with Crippen LogP contribution in [0, 0.1) is 0 Å². The van der Waals surface area contributed by atoms with Crippen LogP contribution < -0.4 is 20.1 Å². The topological polar surface area (TPSA) is 107 Å². The van der Waals surface area contributed by atoms with E-state index in [9.17, 15) is 9.59 Å². The molecule has 5 rings (SSSR count). The number of rotatable bonds is 5. The van der Waals surface area contributed by atoms with Crippen LogP contribution in [-0.2, 0) is 15.3 Å². The average molecular weight is 437 g/mol. The standard InChI is InChI=1S/C21H19N5O4S/c27-18-11-15(19(28)22-14-6-7-16-17(10-14)30-9-8-29-16)26-20(23-18)24-21(25-26)31-12-13-4-2-1-3-5-13/h1-7,10,15H,8-9,11-12H2,(H,22,28)(H,23,24,25,27)/t15-/m0/s1. The highest BCUT2D eigenvalue weighted by Gasteiger charge is 2.33. The molecule has 2 N–H and O–H groups in total. The summed E-state index contributed by atoms with van der Waals surface area (Å²) >= 11 is 1.44. The Balaban J connectivity index is 1.32. The van der Waals surface area contributed by atoms with Gasteiger partial charge >= 0.3 is 0 Å². The van der Waals surface area contributed by atoms with Crippen molar-refractivity contribution in [3.8, 4) is 11.5 Å². The van der Waals surface area contributed by atoms with E-state index in [2.05, 4.69) is 20.7 Å². The van der Waals surface area contributed by atoms with E-state index < -0.39 is 6.04 Å². The molecular weight excluding hydrogens is 418 g/mol. The summed E-state index contributed by atoms with van der Waals surface area (Å²) in [5, 5.41) is 10.5. The van der Waals surface area contributed by atoms with Crippen LogP contribution in [0.25, 0.3) is 0 Å². The number of carbonyl (C=O) groups excluding carboxylic acids is 2. The Hall–Kier alpha value is -3.53. The van der Waals surface area contributed by atoms with Gasteiger partial charge in [-0.1, -0.05) is 42.1 Å². The van der Waals surface area contributed by atoms with Crippen LogP contribution in [0.3, 0.4) is 0 Å². The Morgan fingerprint density at radius 1 is 1.16 bits per heavy atom. The fourth-order valence-electron chi connectivity index (χ4n) is 3.38. The maximum Gasteiger partial charge on any atom is 0.249 e. The molecule has 0 aliphatic carbocycles. The van der Waals surface area contributed by atoms with E-state index in [0.717, 1.165) is 5.56 Å². The van der Waals surface area contributed by atoms with Crippen molar-refractivity contribution in [3.63, 3.8) is 0 Å². The predicted octanol–water partition coefficient (Wildman–Crippen LogP) is 2.86. The lowest BCUT2D eigenvalue weighted by molar-refractivity contribution is -0.125. The summed E-state index contributed by atoms with van der Waals surface area (Å²) in [6.45, 7) is 0.953. The first-order valence-corrected chi connectivity index (χ1v) is 10.8. The van der Waals surface area contributed by atoms with Gasteiger partial charge in [-0.3, -0.25) is 14.9 Å². The van der Waals surface area contributed by atoms with Gasteiger partial charge in [-0.2, -0.15) is 4.98 Å². The number of nitrogens with zero attached hydrogens (tertiary/aromatic N) is 3. The summed E-state index contributed by atoms with van der Waals surface area (Å²) in [5.41, 5.74) is 1.69. The molecule has 9 nitrogen and oxygen atoms in total. The van der Waals surface area contributed by atoms with Crippen LogP contribution in [0.2, 0.25) is 0 Å². The molecule has 1 aromatic heterocycles. The summed E-state index contributed by atoms with van der Waals surface area (Å²) in [5.74, 6) is 1.55.